The lowest BCUT2D eigenvalue weighted by Gasteiger charge is -2.31. The highest BCUT2D eigenvalue weighted by Gasteiger charge is 2.23. The van der Waals surface area contributed by atoms with E-state index in [2.05, 4.69) is 39.6 Å². The summed E-state index contributed by atoms with van der Waals surface area (Å²) in [6, 6.07) is 4.37. The minimum absolute atomic E-state index is 0. The van der Waals surface area contributed by atoms with Crippen LogP contribution in [-0.4, -0.2) is 50.0 Å². The van der Waals surface area contributed by atoms with Gasteiger partial charge in [0.05, 0.1) is 12.5 Å². The molecule has 0 radical (unpaired) electrons. The average molecular weight is 493 g/mol. The third-order valence-electron chi connectivity index (χ3n) is 4.57. The molecule has 1 fully saturated rings. The summed E-state index contributed by atoms with van der Waals surface area (Å²) in [5, 5.41) is 6.72. The van der Waals surface area contributed by atoms with Crippen LogP contribution in [0.4, 0.5) is 0 Å². The highest BCUT2D eigenvalue weighted by molar-refractivity contribution is 14.0. The molecular weight excluding hydrogens is 461 g/mol. The van der Waals surface area contributed by atoms with Crippen molar-refractivity contribution in [3.05, 3.63) is 21.9 Å². The second-order valence-electron chi connectivity index (χ2n) is 6.47. The summed E-state index contributed by atoms with van der Waals surface area (Å²) in [4.78, 5) is 20.7. The number of guanidine groups is 1. The second-order valence-corrected chi connectivity index (χ2v) is 7.72. The number of carbonyl (C=O) groups excluding carboxylic acids is 1. The third kappa shape index (κ3) is 7.79. The van der Waals surface area contributed by atoms with Gasteiger partial charge in [0.15, 0.2) is 5.96 Å². The summed E-state index contributed by atoms with van der Waals surface area (Å²) in [5.41, 5.74) is 5.43. The Morgan fingerprint density at radius 2 is 2.15 bits per heavy atom. The van der Waals surface area contributed by atoms with Crippen LogP contribution in [0.25, 0.3) is 0 Å². The molecule has 1 amide bonds. The molecule has 2 heterocycles. The van der Waals surface area contributed by atoms with Gasteiger partial charge in [0.25, 0.3) is 0 Å². The molecule has 0 saturated carbocycles. The fourth-order valence-electron chi connectivity index (χ4n) is 3.10. The van der Waals surface area contributed by atoms with Crippen LogP contribution < -0.4 is 16.4 Å². The maximum atomic E-state index is 11.3. The number of primary amides is 1. The van der Waals surface area contributed by atoms with Gasteiger partial charge in [-0.1, -0.05) is 6.92 Å². The van der Waals surface area contributed by atoms with E-state index in [1.54, 1.807) is 7.05 Å². The number of nitrogens with zero attached hydrogens (tertiary/aromatic N) is 2. The van der Waals surface area contributed by atoms with Crippen LogP contribution in [0, 0.1) is 5.92 Å². The van der Waals surface area contributed by atoms with Gasteiger partial charge in [-0.2, -0.15) is 0 Å². The first-order valence-corrected chi connectivity index (χ1v) is 9.97. The standard InChI is InChI=1S/C18H31N5OS.HI/c1-3-15-7-8-16(25-15)12-22-18(20-2)21-9-5-11-23-10-4-6-14(13-23)17(19)24;/h7-8,14H,3-6,9-13H2,1-2H3,(H2,19,24)(H2,20,21,22);1H. The highest BCUT2D eigenvalue weighted by atomic mass is 127. The van der Waals surface area contributed by atoms with Gasteiger partial charge in [-0.05, 0) is 50.9 Å². The molecule has 1 aliphatic rings. The number of nitrogens with two attached hydrogens (primary N) is 1. The van der Waals surface area contributed by atoms with E-state index in [0.29, 0.717) is 0 Å². The Bertz CT molecular complexity index is 578. The summed E-state index contributed by atoms with van der Waals surface area (Å²) < 4.78 is 0. The molecule has 1 aromatic rings. The number of nitrogens with one attached hydrogen (secondary N) is 2. The van der Waals surface area contributed by atoms with Gasteiger partial charge in [0.1, 0.15) is 0 Å². The molecule has 26 heavy (non-hydrogen) atoms. The van der Waals surface area contributed by atoms with Gasteiger partial charge < -0.3 is 21.3 Å². The number of rotatable bonds is 8. The molecule has 1 unspecified atom stereocenters. The molecule has 8 heteroatoms. The Hall–Kier alpha value is -0.870. The lowest BCUT2D eigenvalue weighted by atomic mass is 9.97. The number of likely N-dealkylation sites (tertiary alicyclic amines) is 1. The lowest BCUT2D eigenvalue weighted by Crippen LogP contribution is -2.42. The Morgan fingerprint density at radius 1 is 1.38 bits per heavy atom. The van der Waals surface area contributed by atoms with E-state index in [-0.39, 0.29) is 35.8 Å². The molecule has 4 N–H and O–H groups in total. The van der Waals surface area contributed by atoms with Gasteiger partial charge in [0, 0.05) is 29.9 Å². The molecule has 0 spiro atoms. The number of piperidine rings is 1. The summed E-state index contributed by atoms with van der Waals surface area (Å²) in [6.07, 6.45) is 4.10. The summed E-state index contributed by atoms with van der Waals surface area (Å²) in [5.74, 6) is 0.697. The van der Waals surface area contributed by atoms with Crippen molar-refractivity contribution in [2.24, 2.45) is 16.6 Å². The number of amides is 1. The Balaban J connectivity index is 0.00000338. The van der Waals surface area contributed by atoms with Crippen molar-refractivity contribution in [3.63, 3.8) is 0 Å². The van der Waals surface area contributed by atoms with Crippen LogP contribution in [0.2, 0.25) is 0 Å². The van der Waals surface area contributed by atoms with Crippen LogP contribution in [-0.2, 0) is 17.8 Å². The van der Waals surface area contributed by atoms with Gasteiger partial charge in [-0.3, -0.25) is 9.79 Å². The average Bonchev–Trinajstić information content (AvgIpc) is 3.09. The van der Waals surface area contributed by atoms with Crippen LogP contribution in [0.3, 0.4) is 0 Å². The fraction of sp³-hybridized carbons (Fsp3) is 0.667. The molecule has 1 atom stereocenters. The van der Waals surface area contributed by atoms with E-state index in [9.17, 15) is 4.79 Å². The predicted molar refractivity (Wildman–Crippen MR) is 120 cm³/mol. The topological polar surface area (TPSA) is 82.8 Å². The van der Waals surface area contributed by atoms with Gasteiger partial charge in [-0.15, -0.1) is 35.3 Å². The Kier molecular flexibility index (Phi) is 11.1. The minimum Gasteiger partial charge on any atom is -0.369 e. The maximum Gasteiger partial charge on any atom is 0.221 e. The second kappa shape index (κ2) is 12.5. The monoisotopic (exact) mass is 493 g/mol. The van der Waals surface area contributed by atoms with E-state index in [0.717, 1.165) is 64.4 Å². The Morgan fingerprint density at radius 3 is 2.81 bits per heavy atom. The SMILES string of the molecule is CCc1ccc(CNC(=NC)NCCCN2CCCC(C(N)=O)C2)s1.I. The minimum atomic E-state index is -0.160. The van der Waals surface area contributed by atoms with Crippen LogP contribution in [0.15, 0.2) is 17.1 Å². The zero-order chi connectivity index (χ0) is 18.1. The molecule has 2 rings (SSSR count). The highest BCUT2D eigenvalue weighted by Crippen LogP contribution is 2.17. The van der Waals surface area contributed by atoms with Crippen molar-refractivity contribution in [1.82, 2.24) is 15.5 Å². The van der Waals surface area contributed by atoms with E-state index in [4.69, 9.17) is 5.73 Å². The van der Waals surface area contributed by atoms with Gasteiger partial charge >= 0.3 is 0 Å². The number of aliphatic imine (C=N–C) groups is 1. The number of thiophene rings is 1. The number of aryl methyl sites for hydroxylation is 1. The summed E-state index contributed by atoms with van der Waals surface area (Å²) in [6.45, 7) is 6.70. The van der Waals surface area contributed by atoms with Crippen molar-refractivity contribution in [1.29, 1.82) is 0 Å². The predicted octanol–water partition coefficient (Wildman–Crippen LogP) is 2.18. The Labute approximate surface area is 178 Å². The molecule has 1 aromatic heterocycles. The van der Waals surface area contributed by atoms with Crippen LogP contribution in [0.1, 0.15) is 35.9 Å². The van der Waals surface area contributed by atoms with E-state index >= 15 is 0 Å². The number of carbonyl (C=O) groups is 1. The van der Waals surface area contributed by atoms with E-state index < -0.39 is 0 Å². The lowest BCUT2D eigenvalue weighted by molar-refractivity contribution is -0.123. The third-order valence-corrected chi connectivity index (χ3v) is 5.80. The van der Waals surface area contributed by atoms with E-state index in [1.165, 1.54) is 9.75 Å². The van der Waals surface area contributed by atoms with Crippen molar-refractivity contribution in [3.8, 4) is 0 Å². The van der Waals surface area contributed by atoms with Gasteiger partial charge in [0.2, 0.25) is 5.91 Å². The first-order valence-electron chi connectivity index (χ1n) is 9.16. The molecular formula is C18H32IN5OS. The number of hydrogen-bond donors (Lipinski definition) is 3. The first-order chi connectivity index (χ1) is 12.1. The van der Waals surface area contributed by atoms with Crippen molar-refractivity contribution in [2.75, 3.05) is 33.2 Å². The normalized spacial score (nSPS) is 18.2. The fourth-order valence-corrected chi connectivity index (χ4v) is 4.00. The summed E-state index contributed by atoms with van der Waals surface area (Å²) >= 11 is 1.85. The quantitative estimate of drug-likeness (QED) is 0.225. The van der Waals surface area contributed by atoms with Crippen molar-refractivity contribution < 1.29 is 4.79 Å². The number of hydrogen-bond acceptors (Lipinski definition) is 4. The van der Waals surface area contributed by atoms with Gasteiger partial charge in [-0.25, -0.2) is 0 Å². The van der Waals surface area contributed by atoms with Crippen LogP contribution in [0.5, 0.6) is 0 Å². The molecule has 1 saturated heterocycles. The molecule has 1 aliphatic heterocycles. The maximum absolute atomic E-state index is 11.3. The zero-order valence-corrected chi connectivity index (χ0v) is 18.9. The van der Waals surface area contributed by atoms with E-state index in [1.807, 2.05) is 11.3 Å². The smallest absolute Gasteiger partial charge is 0.221 e. The molecule has 0 bridgehead atoms. The molecule has 148 valence electrons. The first kappa shape index (κ1) is 23.2. The molecule has 0 aliphatic carbocycles. The molecule has 0 aromatic carbocycles. The van der Waals surface area contributed by atoms with Crippen molar-refractivity contribution >= 4 is 47.2 Å². The largest absolute Gasteiger partial charge is 0.369 e. The van der Waals surface area contributed by atoms with Crippen LogP contribution >= 0.6 is 35.3 Å². The summed E-state index contributed by atoms with van der Waals surface area (Å²) in [7, 11) is 1.79. The number of halogens is 1. The molecule has 6 nitrogen and oxygen atoms in total. The van der Waals surface area contributed by atoms with Crippen molar-refractivity contribution in [2.45, 2.75) is 39.2 Å². The zero-order valence-electron chi connectivity index (χ0n) is 15.8.